The molecule has 0 aliphatic heterocycles. The van der Waals surface area contributed by atoms with Crippen molar-refractivity contribution in [3.05, 3.63) is 29.3 Å². The van der Waals surface area contributed by atoms with Crippen molar-refractivity contribution in [3.63, 3.8) is 0 Å². The van der Waals surface area contributed by atoms with Gasteiger partial charge in [0, 0.05) is 11.3 Å². The van der Waals surface area contributed by atoms with Crippen LogP contribution in [0.1, 0.15) is 51.2 Å². The van der Waals surface area contributed by atoms with E-state index in [2.05, 4.69) is 32.0 Å². The van der Waals surface area contributed by atoms with Gasteiger partial charge in [-0.1, -0.05) is 26.3 Å². The summed E-state index contributed by atoms with van der Waals surface area (Å²) in [4.78, 5) is 12.8. The van der Waals surface area contributed by atoms with Gasteiger partial charge in [0.2, 0.25) is 0 Å². The van der Waals surface area contributed by atoms with Crippen LogP contribution in [0, 0.1) is 0 Å². The van der Waals surface area contributed by atoms with E-state index in [4.69, 9.17) is 4.74 Å². The fourth-order valence-electron chi connectivity index (χ4n) is 2.07. The van der Waals surface area contributed by atoms with Gasteiger partial charge in [0.15, 0.2) is 0 Å². The van der Waals surface area contributed by atoms with Crippen LogP contribution < -0.4 is 0 Å². The lowest BCUT2D eigenvalue weighted by Crippen LogP contribution is -2.06. The summed E-state index contributed by atoms with van der Waals surface area (Å²) in [6.07, 6.45) is 4.77. The van der Waals surface area contributed by atoms with Crippen LogP contribution in [0.3, 0.4) is 0 Å². The standard InChI is InChI=1S/C17H26O2S/c1-4-7-12-20-16-10-8-15(14(5-2)13-16)9-11-17(18)19-6-3/h8,10,13H,4-7,9,11-12H2,1-3H3. The first kappa shape index (κ1) is 17.1. The summed E-state index contributed by atoms with van der Waals surface area (Å²) in [5.74, 6) is 1.08. The van der Waals surface area contributed by atoms with Crippen LogP contribution in [-0.4, -0.2) is 18.3 Å². The SMILES string of the molecule is CCCCSc1ccc(CCC(=O)OCC)c(CC)c1. The van der Waals surface area contributed by atoms with E-state index in [1.54, 1.807) is 0 Å². The lowest BCUT2D eigenvalue weighted by Gasteiger charge is -2.10. The van der Waals surface area contributed by atoms with Gasteiger partial charge in [-0.2, -0.15) is 0 Å². The molecule has 0 atom stereocenters. The van der Waals surface area contributed by atoms with Gasteiger partial charge in [-0.15, -0.1) is 11.8 Å². The zero-order valence-corrected chi connectivity index (χ0v) is 13.7. The second-order valence-electron chi connectivity index (χ2n) is 4.79. The summed E-state index contributed by atoms with van der Waals surface area (Å²) < 4.78 is 4.98. The molecule has 20 heavy (non-hydrogen) atoms. The van der Waals surface area contributed by atoms with Crippen molar-refractivity contribution in [1.29, 1.82) is 0 Å². The number of carbonyl (C=O) groups excluding carboxylic acids is 1. The first-order valence-corrected chi connectivity index (χ1v) is 8.60. The lowest BCUT2D eigenvalue weighted by atomic mass is 10.0. The van der Waals surface area contributed by atoms with Crippen LogP contribution in [0.4, 0.5) is 0 Å². The predicted molar refractivity (Wildman–Crippen MR) is 86.4 cm³/mol. The van der Waals surface area contributed by atoms with E-state index in [0.29, 0.717) is 13.0 Å². The molecule has 0 fully saturated rings. The molecule has 0 spiro atoms. The molecule has 1 aromatic carbocycles. The molecule has 3 heteroatoms. The van der Waals surface area contributed by atoms with Gasteiger partial charge in [0.25, 0.3) is 0 Å². The number of rotatable bonds is 9. The smallest absolute Gasteiger partial charge is 0.306 e. The van der Waals surface area contributed by atoms with Crippen molar-refractivity contribution in [2.24, 2.45) is 0 Å². The number of ether oxygens (including phenoxy) is 1. The van der Waals surface area contributed by atoms with Gasteiger partial charge in [-0.05, 0) is 55.2 Å². The topological polar surface area (TPSA) is 26.3 Å². The number of carbonyl (C=O) groups is 1. The van der Waals surface area contributed by atoms with E-state index in [1.807, 2.05) is 18.7 Å². The van der Waals surface area contributed by atoms with E-state index in [0.717, 1.165) is 12.8 Å². The highest BCUT2D eigenvalue weighted by molar-refractivity contribution is 7.99. The summed E-state index contributed by atoms with van der Waals surface area (Å²) in [6.45, 7) is 6.70. The molecule has 0 unspecified atom stereocenters. The second kappa shape index (κ2) is 9.87. The normalized spacial score (nSPS) is 10.6. The van der Waals surface area contributed by atoms with Gasteiger partial charge in [0.05, 0.1) is 6.61 Å². The fourth-order valence-corrected chi connectivity index (χ4v) is 3.13. The molecule has 0 bridgehead atoms. The van der Waals surface area contributed by atoms with Crippen LogP contribution in [0.25, 0.3) is 0 Å². The molecular weight excluding hydrogens is 268 g/mol. The Morgan fingerprint density at radius 1 is 1.20 bits per heavy atom. The quantitative estimate of drug-likeness (QED) is 0.377. The summed E-state index contributed by atoms with van der Waals surface area (Å²) >= 11 is 1.92. The van der Waals surface area contributed by atoms with Crippen molar-refractivity contribution in [1.82, 2.24) is 0 Å². The number of unbranched alkanes of at least 4 members (excludes halogenated alkanes) is 1. The highest BCUT2D eigenvalue weighted by Gasteiger charge is 2.07. The Morgan fingerprint density at radius 2 is 2.00 bits per heavy atom. The first-order chi connectivity index (χ1) is 9.71. The maximum absolute atomic E-state index is 11.4. The Balaban J connectivity index is 2.60. The van der Waals surface area contributed by atoms with E-state index < -0.39 is 0 Å². The minimum Gasteiger partial charge on any atom is -0.466 e. The molecule has 0 aliphatic rings. The summed E-state index contributed by atoms with van der Waals surface area (Å²) in [6, 6.07) is 6.63. The highest BCUT2D eigenvalue weighted by atomic mass is 32.2. The van der Waals surface area contributed by atoms with E-state index in [9.17, 15) is 4.79 Å². The van der Waals surface area contributed by atoms with Gasteiger partial charge in [-0.3, -0.25) is 4.79 Å². The number of hydrogen-bond donors (Lipinski definition) is 0. The first-order valence-electron chi connectivity index (χ1n) is 7.61. The predicted octanol–water partition coefficient (Wildman–Crippen LogP) is 4.64. The van der Waals surface area contributed by atoms with Gasteiger partial charge in [-0.25, -0.2) is 0 Å². The molecule has 2 nitrogen and oxygen atoms in total. The molecule has 112 valence electrons. The second-order valence-corrected chi connectivity index (χ2v) is 5.96. The molecular formula is C17H26O2S. The summed E-state index contributed by atoms with van der Waals surface area (Å²) in [5, 5.41) is 0. The maximum Gasteiger partial charge on any atom is 0.306 e. The molecule has 0 aliphatic carbocycles. The molecule has 0 saturated heterocycles. The highest BCUT2D eigenvalue weighted by Crippen LogP contribution is 2.24. The molecule has 0 heterocycles. The number of hydrogen-bond acceptors (Lipinski definition) is 3. The number of thioether (sulfide) groups is 1. The molecule has 0 N–H and O–H groups in total. The van der Waals surface area contributed by atoms with Gasteiger partial charge < -0.3 is 4.74 Å². The Labute approximate surface area is 127 Å². The number of aryl methyl sites for hydroxylation is 2. The number of esters is 1. The largest absolute Gasteiger partial charge is 0.466 e. The maximum atomic E-state index is 11.4. The Hall–Kier alpha value is -0.960. The Kier molecular flexibility index (Phi) is 8.43. The van der Waals surface area contributed by atoms with E-state index >= 15 is 0 Å². The van der Waals surface area contributed by atoms with Crippen molar-refractivity contribution in [2.45, 2.75) is 57.8 Å². The van der Waals surface area contributed by atoms with Crippen LogP contribution in [-0.2, 0) is 22.4 Å². The van der Waals surface area contributed by atoms with Crippen molar-refractivity contribution in [2.75, 3.05) is 12.4 Å². The molecule has 1 aromatic rings. The molecule has 0 radical (unpaired) electrons. The molecule has 0 saturated carbocycles. The lowest BCUT2D eigenvalue weighted by molar-refractivity contribution is -0.143. The zero-order valence-electron chi connectivity index (χ0n) is 12.9. The summed E-state index contributed by atoms with van der Waals surface area (Å²) in [5.41, 5.74) is 2.64. The fraction of sp³-hybridized carbons (Fsp3) is 0.588. The van der Waals surface area contributed by atoms with Crippen molar-refractivity contribution in [3.8, 4) is 0 Å². The third-order valence-electron chi connectivity index (χ3n) is 3.23. The van der Waals surface area contributed by atoms with Crippen molar-refractivity contribution < 1.29 is 9.53 Å². The average Bonchev–Trinajstić information content (AvgIpc) is 2.46. The minimum atomic E-state index is -0.101. The van der Waals surface area contributed by atoms with Crippen LogP contribution in [0.2, 0.25) is 0 Å². The van der Waals surface area contributed by atoms with Gasteiger partial charge in [0.1, 0.15) is 0 Å². The molecule has 1 rings (SSSR count). The van der Waals surface area contributed by atoms with Gasteiger partial charge >= 0.3 is 5.97 Å². The van der Waals surface area contributed by atoms with Crippen molar-refractivity contribution >= 4 is 17.7 Å². The number of benzene rings is 1. The third-order valence-corrected chi connectivity index (χ3v) is 4.31. The van der Waals surface area contributed by atoms with E-state index in [1.165, 1.54) is 34.6 Å². The zero-order chi connectivity index (χ0) is 14.8. The summed E-state index contributed by atoms with van der Waals surface area (Å²) in [7, 11) is 0. The van der Waals surface area contributed by atoms with Crippen LogP contribution >= 0.6 is 11.8 Å². The molecule has 0 amide bonds. The average molecular weight is 294 g/mol. The monoisotopic (exact) mass is 294 g/mol. The van der Waals surface area contributed by atoms with Crippen LogP contribution in [0.5, 0.6) is 0 Å². The van der Waals surface area contributed by atoms with E-state index in [-0.39, 0.29) is 5.97 Å². The molecule has 0 aromatic heterocycles. The third kappa shape index (κ3) is 6.00. The minimum absolute atomic E-state index is 0.101. The van der Waals surface area contributed by atoms with Crippen LogP contribution in [0.15, 0.2) is 23.1 Å². The Morgan fingerprint density at radius 3 is 2.65 bits per heavy atom. The Bertz CT molecular complexity index is 415.